The number of hydrogen-bond donors (Lipinski definition) is 0. The average molecular weight is 249 g/mol. The fourth-order valence-corrected chi connectivity index (χ4v) is 1.75. The van der Waals surface area contributed by atoms with E-state index in [1.165, 1.54) is 0 Å². The standard InChI is InChI=1S/C12H25ClN2O/c1-4-15(11-7-10-14(2)3)12(16)8-5-6-9-13/h4-11H2,1-3H3. The second-order valence-electron chi connectivity index (χ2n) is 4.28. The van der Waals surface area contributed by atoms with Gasteiger partial charge in [0.2, 0.25) is 5.91 Å². The average Bonchev–Trinajstić information content (AvgIpc) is 2.24. The van der Waals surface area contributed by atoms with Gasteiger partial charge in [-0.3, -0.25) is 4.79 Å². The Labute approximate surface area is 105 Å². The lowest BCUT2D eigenvalue weighted by molar-refractivity contribution is -0.131. The van der Waals surface area contributed by atoms with Crippen LogP contribution in [0.4, 0.5) is 0 Å². The lowest BCUT2D eigenvalue weighted by Gasteiger charge is -2.21. The lowest BCUT2D eigenvalue weighted by Crippen LogP contribution is -2.33. The predicted molar refractivity (Wildman–Crippen MR) is 70.0 cm³/mol. The topological polar surface area (TPSA) is 23.6 Å². The van der Waals surface area contributed by atoms with Crippen molar-refractivity contribution in [3.63, 3.8) is 0 Å². The molecule has 0 aliphatic carbocycles. The molecule has 0 saturated carbocycles. The van der Waals surface area contributed by atoms with E-state index < -0.39 is 0 Å². The van der Waals surface area contributed by atoms with E-state index in [0.29, 0.717) is 12.3 Å². The maximum absolute atomic E-state index is 11.8. The monoisotopic (exact) mass is 248 g/mol. The fourth-order valence-electron chi connectivity index (χ4n) is 1.57. The molecule has 4 heteroatoms. The van der Waals surface area contributed by atoms with Crippen LogP contribution in [0.5, 0.6) is 0 Å². The molecule has 0 aromatic rings. The molecule has 1 amide bonds. The largest absolute Gasteiger partial charge is 0.343 e. The summed E-state index contributed by atoms with van der Waals surface area (Å²) in [5.41, 5.74) is 0. The van der Waals surface area contributed by atoms with Gasteiger partial charge in [0, 0.05) is 25.4 Å². The van der Waals surface area contributed by atoms with Crippen LogP contribution in [0.2, 0.25) is 0 Å². The van der Waals surface area contributed by atoms with Crippen LogP contribution in [0.25, 0.3) is 0 Å². The Kier molecular flexibility index (Phi) is 9.74. The van der Waals surface area contributed by atoms with Gasteiger partial charge in [-0.15, -0.1) is 11.6 Å². The maximum atomic E-state index is 11.8. The van der Waals surface area contributed by atoms with Crippen LogP contribution in [0, 0.1) is 0 Å². The molecular weight excluding hydrogens is 224 g/mol. The summed E-state index contributed by atoms with van der Waals surface area (Å²) in [6.07, 6.45) is 3.53. The van der Waals surface area contributed by atoms with Crippen LogP contribution in [0.3, 0.4) is 0 Å². The molecule has 0 radical (unpaired) electrons. The first-order valence-electron chi connectivity index (χ1n) is 6.10. The molecule has 0 atom stereocenters. The van der Waals surface area contributed by atoms with Crippen molar-refractivity contribution in [3.05, 3.63) is 0 Å². The summed E-state index contributed by atoms with van der Waals surface area (Å²) in [5.74, 6) is 0.923. The van der Waals surface area contributed by atoms with Crippen LogP contribution in [-0.4, -0.2) is 55.3 Å². The van der Waals surface area contributed by atoms with Gasteiger partial charge in [-0.2, -0.15) is 0 Å². The van der Waals surface area contributed by atoms with E-state index in [1.54, 1.807) is 0 Å². The van der Waals surface area contributed by atoms with E-state index >= 15 is 0 Å². The van der Waals surface area contributed by atoms with Gasteiger partial charge in [0.05, 0.1) is 0 Å². The number of alkyl halides is 1. The molecule has 0 rings (SSSR count). The molecule has 0 heterocycles. The Morgan fingerprint density at radius 3 is 2.31 bits per heavy atom. The molecule has 96 valence electrons. The Morgan fingerprint density at radius 1 is 1.12 bits per heavy atom. The van der Waals surface area contributed by atoms with Crippen molar-refractivity contribution in [1.29, 1.82) is 0 Å². The smallest absolute Gasteiger partial charge is 0.222 e. The van der Waals surface area contributed by atoms with Crippen LogP contribution in [0.15, 0.2) is 0 Å². The Hall–Kier alpha value is -0.280. The minimum atomic E-state index is 0.270. The highest BCUT2D eigenvalue weighted by atomic mass is 35.5. The number of hydrogen-bond acceptors (Lipinski definition) is 2. The minimum Gasteiger partial charge on any atom is -0.343 e. The SMILES string of the molecule is CCN(CCCN(C)C)C(=O)CCCCCl. The summed E-state index contributed by atoms with van der Waals surface area (Å²) >= 11 is 5.59. The number of carbonyl (C=O) groups is 1. The molecule has 0 N–H and O–H groups in total. The van der Waals surface area contributed by atoms with Gasteiger partial charge in [-0.25, -0.2) is 0 Å². The maximum Gasteiger partial charge on any atom is 0.222 e. The third-order valence-electron chi connectivity index (χ3n) is 2.54. The van der Waals surface area contributed by atoms with Gasteiger partial charge in [0.1, 0.15) is 0 Å². The summed E-state index contributed by atoms with van der Waals surface area (Å²) in [6.45, 7) is 4.75. The van der Waals surface area contributed by atoms with Gasteiger partial charge in [0.15, 0.2) is 0 Å². The zero-order chi connectivity index (χ0) is 12.4. The fraction of sp³-hybridized carbons (Fsp3) is 0.917. The lowest BCUT2D eigenvalue weighted by atomic mass is 10.2. The van der Waals surface area contributed by atoms with Crippen LogP contribution in [-0.2, 0) is 4.79 Å². The first kappa shape index (κ1) is 15.7. The second kappa shape index (κ2) is 9.91. The first-order chi connectivity index (χ1) is 7.61. The Bertz CT molecular complexity index is 186. The van der Waals surface area contributed by atoms with E-state index in [9.17, 15) is 4.79 Å². The molecule has 0 aromatic heterocycles. The van der Waals surface area contributed by atoms with Gasteiger partial charge in [-0.05, 0) is 46.8 Å². The van der Waals surface area contributed by atoms with E-state index in [2.05, 4.69) is 19.0 Å². The van der Waals surface area contributed by atoms with Crippen LogP contribution in [0.1, 0.15) is 32.6 Å². The van der Waals surface area contributed by atoms with E-state index in [-0.39, 0.29) is 5.91 Å². The van der Waals surface area contributed by atoms with Gasteiger partial charge in [0.25, 0.3) is 0 Å². The molecule has 0 spiro atoms. The van der Waals surface area contributed by atoms with Crippen molar-refractivity contribution >= 4 is 17.5 Å². The van der Waals surface area contributed by atoms with Crippen molar-refractivity contribution in [1.82, 2.24) is 9.80 Å². The van der Waals surface area contributed by atoms with E-state index in [0.717, 1.165) is 38.9 Å². The molecule has 0 aliphatic heterocycles. The molecule has 0 bridgehead atoms. The Morgan fingerprint density at radius 2 is 1.81 bits per heavy atom. The highest BCUT2D eigenvalue weighted by Gasteiger charge is 2.10. The number of amides is 1. The summed E-state index contributed by atoms with van der Waals surface area (Å²) in [5, 5.41) is 0. The van der Waals surface area contributed by atoms with Gasteiger partial charge in [-0.1, -0.05) is 0 Å². The molecule has 0 unspecified atom stereocenters. The summed E-state index contributed by atoms with van der Waals surface area (Å²) in [7, 11) is 4.11. The number of carbonyl (C=O) groups excluding carboxylic acids is 1. The molecule has 0 fully saturated rings. The number of rotatable bonds is 9. The van der Waals surface area contributed by atoms with E-state index in [4.69, 9.17) is 11.6 Å². The molecule has 16 heavy (non-hydrogen) atoms. The van der Waals surface area contributed by atoms with Gasteiger partial charge >= 0.3 is 0 Å². The van der Waals surface area contributed by atoms with Gasteiger partial charge < -0.3 is 9.80 Å². The zero-order valence-corrected chi connectivity index (χ0v) is 11.6. The number of nitrogens with zero attached hydrogens (tertiary/aromatic N) is 2. The number of unbranched alkanes of at least 4 members (excludes halogenated alkanes) is 1. The minimum absolute atomic E-state index is 0.270. The van der Waals surface area contributed by atoms with Crippen molar-refractivity contribution in [2.45, 2.75) is 32.6 Å². The van der Waals surface area contributed by atoms with Crippen LogP contribution >= 0.6 is 11.6 Å². The molecule has 0 aliphatic rings. The molecule has 0 aromatic carbocycles. The zero-order valence-electron chi connectivity index (χ0n) is 10.8. The third-order valence-corrected chi connectivity index (χ3v) is 2.81. The predicted octanol–water partition coefficient (Wildman–Crippen LogP) is 2.20. The second-order valence-corrected chi connectivity index (χ2v) is 4.65. The van der Waals surface area contributed by atoms with Crippen molar-refractivity contribution < 1.29 is 4.79 Å². The Balaban J connectivity index is 3.74. The quantitative estimate of drug-likeness (QED) is 0.461. The summed E-state index contributed by atoms with van der Waals surface area (Å²) in [6, 6.07) is 0. The van der Waals surface area contributed by atoms with Crippen molar-refractivity contribution in [2.75, 3.05) is 39.6 Å². The molecule has 3 nitrogen and oxygen atoms in total. The van der Waals surface area contributed by atoms with Crippen molar-refractivity contribution in [3.8, 4) is 0 Å². The summed E-state index contributed by atoms with van der Waals surface area (Å²) < 4.78 is 0. The van der Waals surface area contributed by atoms with Crippen molar-refractivity contribution in [2.24, 2.45) is 0 Å². The van der Waals surface area contributed by atoms with E-state index in [1.807, 2.05) is 11.8 Å². The molecule has 0 saturated heterocycles. The normalized spacial score (nSPS) is 10.8. The molecular formula is C12H25ClN2O. The summed E-state index contributed by atoms with van der Waals surface area (Å²) in [4.78, 5) is 15.9. The first-order valence-corrected chi connectivity index (χ1v) is 6.63. The highest BCUT2D eigenvalue weighted by molar-refractivity contribution is 6.17. The number of halogens is 1. The highest BCUT2D eigenvalue weighted by Crippen LogP contribution is 2.03. The third kappa shape index (κ3) is 7.94. The van der Waals surface area contributed by atoms with Crippen LogP contribution < -0.4 is 0 Å².